The Bertz CT molecular complexity index is 3080. The van der Waals surface area contributed by atoms with Gasteiger partial charge < -0.3 is 14.7 Å². The van der Waals surface area contributed by atoms with E-state index < -0.39 is 26.9 Å². The number of hydrogen-bond acceptors (Lipinski definition) is 7. The fourth-order valence-electron chi connectivity index (χ4n) is 10.4. The second-order valence-electron chi connectivity index (χ2n) is 18.8. The van der Waals surface area contributed by atoms with E-state index in [2.05, 4.69) is 112 Å². The first-order chi connectivity index (χ1) is 30.7. The number of rotatable bonds is 11. The van der Waals surface area contributed by atoms with Crippen molar-refractivity contribution in [1.82, 2.24) is 0 Å². The van der Waals surface area contributed by atoms with Gasteiger partial charge in [0.2, 0.25) is 5.69 Å². The number of allylic oxidation sites excluding steroid dienone is 7. The molecule has 2 heterocycles. The Hall–Kier alpha value is -5.75. The Kier molecular flexibility index (Phi) is 11.9. The number of benzene rings is 5. The van der Waals surface area contributed by atoms with Gasteiger partial charge in [-0.3, -0.25) is 9.35 Å². The number of esters is 1. The number of hydrogen-bond donors (Lipinski definition) is 2. The lowest BCUT2D eigenvalue weighted by molar-refractivity contribution is -0.433. The number of ether oxygens (including phenoxy) is 1. The number of nitrogens with zero attached hydrogens (tertiary/aromatic N) is 2. The number of thioether (sulfide) groups is 1. The van der Waals surface area contributed by atoms with Gasteiger partial charge in [-0.25, -0.2) is 4.79 Å². The fourth-order valence-corrected chi connectivity index (χ4v) is 12.0. The van der Waals surface area contributed by atoms with E-state index in [9.17, 15) is 27.7 Å². The van der Waals surface area contributed by atoms with Crippen molar-refractivity contribution in [2.75, 3.05) is 25.1 Å². The Morgan fingerprint density at radius 3 is 2.22 bits per heavy atom. The van der Waals surface area contributed by atoms with Crippen LogP contribution in [0.2, 0.25) is 0 Å². The van der Waals surface area contributed by atoms with Crippen LogP contribution in [0.15, 0.2) is 147 Å². The number of fused-ring (bicyclic) bond motifs is 6. The van der Waals surface area contributed by atoms with Crippen molar-refractivity contribution in [3.05, 3.63) is 154 Å². The normalized spacial score (nSPS) is 19.5. The second-order valence-corrected chi connectivity index (χ2v) is 21.3. The van der Waals surface area contributed by atoms with Gasteiger partial charge in [-0.1, -0.05) is 74.2 Å². The van der Waals surface area contributed by atoms with Crippen LogP contribution in [0.25, 0.3) is 21.5 Å². The zero-order chi connectivity index (χ0) is 46.8. The highest BCUT2D eigenvalue weighted by Gasteiger charge is 2.46. The van der Waals surface area contributed by atoms with Gasteiger partial charge in [0.1, 0.15) is 6.54 Å². The SMILES string of the molecule is CCN1/C(=C/C=C2\CC(C(C)(C)C(=O)OC)CC(/C=C/C3=[N+](CC)c4ccc5cc(S(=O)(=O)O)ccc5c4C3(C)C)=C2Sc2ccc(C(=O)O)cc2)C(C)(C)c2c1ccc1ccccc21. The third-order valence-corrected chi connectivity index (χ3v) is 16.0. The molecular weight excluding hydrogens is 853 g/mol. The van der Waals surface area contributed by atoms with E-state index in [1.165, 1.54) is 47.0 Å². The fraction of sp³-hybridized carbons (Fsp3) is 0.315. The number of likely N-dealkylation sites (N-methyl/N-ethyl adjacent to an activating group) is 1. The molecule has 8 rings (SSSR count). The van der Waals surface area contributed by atoms with Gasteiger partial charge in [0, 0.05) is 50.9 Å². The lowest BCUT2D eigenvalue weighted by Gasteiger charge is -2.37. The van der Waals surface area contributed by atoms with Gasteiger partial charge in [0.25, 0.3) is 10.1 Å². The maximum Gasteiger partial charge on any atom is 0.335 e. The summed E-state index contributed by atoms with van der Waals surface area (Å²) in [5, 5.41) is 13.8. The van der Waals surface area contributed by atoms with Crippen LogP contribution in [0, 0.1) is 11.3 Å². The van der Waals surface area contributed by atoms with Gasteiger partial charge in [-0.15, -0.1) is 0 Å². The van der Waals surface area contributed by atoms with E-state index in [1.807, 2.05) is 38.1 Å². The summed E-state index contributed by atoms with van der Waals surface area (Å²) in [6, 6.07) is 28.6. The highest BCUT2D eigenvalue weighted by atomic mass is 32.2. The largest absolute Gasteiger partial charge is 0.478 e. The average molecular weight is 910 g/mol. The monoisotopic (exact) mass is 909 g/mol. The molecule has 0 saturated carbocycles. The van der Waals surface area contributed by atoms with Crippen LogP contribution in [0.5, 0.6) is 0 Å². The number of carboxylic acids is 1. The van der Waals surface area contributed by atoms with E-state index in [0.717, 1.165) is 55.2 Å². The van der Waals surface area contributed by atoms with Crippen molar-refractivity contribution in [2.45, 2.75) is 88.9 Å². The van der Waals surface area contributed by atoms with Crippen molar-refractivity contribution in [2.24, 2.45) is 11.3 Å². The number of carboxylic acid groups (broad SMARTS) is 1. The predicted octanol–water partition coefficient (Wildman–Crippen LogP) is 12.2. The molecule has 0 spiro atoms. The molecule has 0 bridgehead atoms. The zero-order valence-electron chi connectivity index (χ0n) is 38.5. The molecule has 0 fully saturated rings. The smallest absolute Gasteiger partial charge is 0.335 e. The molecule has 0 radical (unpaired) electrons. The maximum atomic E-state index is 13.6. The van der Waals surface area contributed by atoms with E-state index in [0.29, 0.717) is 19.4 Å². The number of anilines is 1. The maximum absolute atomic E-state index is 13.6. The summed E-state index contributed by atoms with van der Waals surface area (Å²) in [4.78, 5) is 29.7. The van der Waals surface area contributed by atoms with Crippen molar-refractivity contribution < 1.29 is 37.0 Å². The van der Waals surface area contributed by atoms with E-state index in [1.54, 1.807) is 30.0 Å². The van der Waals surface area contributed by atoms with E-state index in [-0.39, 0.29) is 27.8 Å². The molecule has 2 aliphatic heterocycles. The summed E-state index contributed by atoms with van der Waals surface area (Å²) >= 11 is 1.60. The lowest BCUT2D eigenvalue weighted by atomic mass is 9.69. The van der Waals surface area contributed by atoms with Crippen molar-refractivity contribution in [3.63, 3.8) is 0 Å². The van der Waals surface area contributed by atoms with Crippen LogP contribution >= 0.6 is 11.8 Å². The highest BCUT2D eigenvalue weighted by Crippen LogP contribution is 2.53. The van der Waals surface area contributed by atoms with Crippen LogP contribution in [0.4, 0.5) is 11.4 Å². The Morgan fingerprint density at radius 1 is 0.862 bits per heavy atom. The van der Waals surface area contributed by atoms with Gasteiger partial charge in [0.15, 0.2) is 5.71 Å². The van der Waals surface area contributed by atoms with Crippen LogP contribution in [0.3, 0.4) is 0 Å². The predicted molar refractivity (Wildman–Crippen MR) is 262 cm³/mol. The van der Waals surface area contributed by atoms with Crippen LogP contribution in [-0.4, -0.2) is 60.5 Å². The van der Waals surface area contributed by atoms with Crippen LogP contribution < -0.4 is 4.90 Å². The molecule has 1 atom stereocenters. The zero-order valence-corrected chi connectivity index (χ0v) is 40.2. The molecule has 5 aromatic rings. The summed E-state index contributed by atoms with van der Waals surface area (Å²) in [7, 11) is -2.94. The summed E-state index contributed by atoms with van der Waals surface area (Å²) in [5.74, 6) is -1.39. The summed E-state index contributed by atoms with van der Waals surface area (Å²) in [6.07, 6.45) is 10.1. The minimum absolute atomic E-state index is 0.125. The summed E-state index contributed by atoms with van der Waals surface area (Å²) in [6.45, 7) is 18.6. The number of methoxy groups -OCH3 is 1. The lowest BCUT2D eigenvalue weighted by Crippen LogP contribution is -2.36. The van der Waals surface area contributed by atoms with Crippen LogP contribution in [-0.2, 0) is 30.5 Å². The van der Waals surface area contributed by atoms with Crippen molar-refractivity contribution >= 4 is 72.4 Å². The minimum atomic E-state index is -4.38. The molecule has 0 saturated heterocycles. The second kappa shape index (κ2) is 16.9. The third kappa shape index (κ3) is 7.95. The quantitative estimate of drug-likeness (QED) is 0.0757. The third-order valence-electron chi connectivity index (χ3n) is 14.0. The van der Waals surface area contributed by atoms with Gasteiger partial charge in [-0.05, 0) is 153 Å². The van der Waals surface area contributed by atoms with Crippen molar-refractivity contribution in [3.8, 4) is 0 Å². The Labute approximate surface area is 386 Å². The van der Waals surface area contributed by atoms with E-state index >= 15 is 0 Å². The molecule has 11 heteroatoms. The first-order valence-corrected chi connectivity index (χ1v) is 24.4. The van der Waals surface area contributed by atoms with Crippen LogP contribution in [0.1, 0.15) is 89.7 Å². The molecule has 2 N–H and O–H groups in total. The summed E-state index contributed by atoms with van der Waals surface area (Å²) in [5.41, 5.74) is 7.48. The molecule has 3 aliphatic rings. The average Bonchev–Trinajstić information content (AvgIpc) is 3.65. The van der Waals surface area contributed by atoms with Crippen molar-refractivity contribution in [1.29, 1.82) is 0 Å². The first kappa shape index (κ1) is 45.8. The molecular formula is C54H57N2O7S2+. The van der Waals surface area contributed by atoms with Gasteiger partial charge >= 0.3 is 11.9 Å². The van der Waals surface area contributed by atoms with Gasteiger partial charge in [-0.2, -0.15) is 13.0 Å². The number of carbonyl (C=O) groups excluding carboxylic acids is 1. The minimum Gasteiger partial charge on any atom is -0.478 e. The first-order valence-electron chi connectivity index (χ1n) is 22.2. The van der Waals surface area contributed by atoms with Gasteiger partial charge in [0.05, 0.1) is 28.4 Å². The Balaban J connectivity index is 1.31. The molecule has 65 heavy (non-hydrogen) atoms. The highest BCUT2D eigenvalue weighted by molar-refractivity contribution is 8.03. The number of carbonyl (C=O) groups is 2. The summed E-state index contributed by atoms with van der Waals surface area (Å²) < 4.78 is 41.7. The molecule has 5 aromatic carbocycles. The topological polar surface area (TPSA) is 124 Å². The molecule has 9 nitrogen and oxygen atoms in total. The molecule has 336 valence electrons. The standard InChI is InChI=1S/C54H56N2O7S2/c1-10-55-43-26-18-33-14-12-13-15-41(33)47(43)53(5,6)45(55)28-20-36-30-38(52(3,4)51(59)63-9)31-37(49(36)64-39-22-16-34(17-23-39)50(57)58)21-29-46-54(7,8)48-42-25-24-40(65(60,61)62)32-35(42)19-27-44(48)56(46)11-2/h12-29,32,38H,10-11,30-31H2,1-9H3,(H-,57,58,60,61,62)/p+1. The molecule has 0 amide bonds. The molecule has 1 unspecified atom stereocenters. The molecule has 1 aliphatic carbocycles. The molecule has 0 aromatic heterocycles. The Morgan fingerprint density at radius 2 is 1.55 bits per heavy atom. The van der Waals surface area contributed by atoms with E-state index in [4.69, 9.17) is 4.74 Å². The number of aromatic carboxylic acids is 1.